The first-order chi connectivity index (χ1) is 13.8. The molecule has 0 saturated carbocycles. The highest BCUT2D eigenvalue weighted by atomic mass is 32.2. The van der Waals surface area contributed by atoms with Gasteiger partial charge in [-0.05, 0) is 68.0 Å². The number of nitrogens with one attached hydrogen (secondary N) is 2. The van der Waals surface area contributed by atoms with Crippen molar-refractivity contribution in [3.05, 3.63) is 53.6 Å². The van der Waals surface area contributed by atoms with Gasteiger partial charge in [0.2, 0.25) is 10.0 Å². The van der Waals surface area contributed by atoms with Gasteiger partial charge in [0, 0.05) is 11.4 Å². The molecule has 1 atom stereocenters. The summed E-state index contributed by atoms with van der Waals surface area (Å²) in [5.41, 5.74) is 1.67. The van der Waals surface area contributed by atoms with Crippen LogP contribution in [-0.4, -0.2) is 33.7 Å². The van der Waals surface area contributed by atoms with Gasteiger partial charge in [0.05, 0.1) is 10.9 Å². The summed E-state index contributed by atoms with van der Waals surface area (Å²) in [7, 11) is -3.53. The fourth-order valence-electron chi connectivity index (χ4n) is 2.67. The predicted molar refractivity (Wildman–Crippen MR) is 117 cm³/mol. The zero-order chi connectivity index (χ0) is 21.4. The zero-order valence-electron chi connectivity index (χ0n) is 17.2. The Morgan fingerprint density at radius 3 is 2.45 bits per heavy atom. The van der Waals surface area contributed by atoms with Crippen LogP contribution in [0, 0.1) is 6.92 Å². The summed E-state index contributed by atoms with van der Waals surface area (Å²) < 4.78 is 32.5. The maximum atomic E-state index is 12.2. The van der Waals surface area contributed by atoms with Gasteiger partial charge < -0.3 is 10.1 Å². The van der Waals surface area contributed by atoms with Gasteiger partial charge in [-0.2, -0.15) is 0 Å². The van der Waals surface area contributed by atoms with Crippen molar-refractivity contribution in [3.8, 4) is 5.75 Å². The number of aryl methyl sites for hydroxylation is 1. The molecule has 0 aromatic heterocycles. The van der Waals surface area contributed by atoms with E-state index >= 15 is 0 Å². The van der Waals surface area contributed by atoms with Crippen LogP contribution in [0.25, 0.3) is 0 Å². The second kappa shape index (κ2) is 10.7. The molecule has 8 heteroatoms. The molecule has 2 aromatic rings. The van der Waals surface area contributed by atoms with Gasteiger partial charge >= 0.3 is 0 Å². The highest BCUT2D eigenvalue weighted by Crippen LogP contribution is 2.22. The lowest BCUT2D eigenvalue weighted by molar-refractivity contribution is -0.123. The molecule has 0 fully saturated rings. The minimum Gasteiger partial charge on any atom is -0.484 e. The molecule has 2 aromatic carbocycles. The highest BCUT2D eigenvalue weighted by molar-refractivity contribution is 7.98. The summed E-state index contributed by atoms with van der Waals surface area (Å²) in [6, 6.07) is 12.5. The van der Waals surface area contributed by atoms with Gasteiger partial charge in [-0.25, -0.2) is 13.1 Å². The molecule has 0 spiro atoms. The molecule has 0 saturated heterocycles. The fourth-order valence-corrected chi connectivity index (χ4v) is 4.30. The summed E-state index contributed by atoms with van der Waals surface area (Å²) >= 11 is 1.67. The molecule has 0 unspecified atom stereocenters. The largest absolute Gasteiger partial charge is 0.484 e. The van der Waals surface area contributed by atoms with Crippen LogP contribution in [0.15, 0.2) is 52.3 Å². The SMILES string of the molecule is CCCNS(=O)(=O)c1ccc(OCC(=O)N[C@H](C)c2ccc(SC)cc2)c(C)c1. The van der Waals surface area contributed by atoms with Crippen LogP contribution in [0.5, 0.6) is 5.75 Å². The molecular weight excluding hydrogens is 408 g/mol. The average Bonchev–Trinajstić information content (AvgIpc) is 2.71. The van der Waals surface area contributed by atoms with E-state index in [-0.39, 0.29) is 23.5 Å². The average molecular weight is 437 g/mol. The Labute approximate surface area is 177 Å². The van der Waals surface area contributed by atoms with Crippen LogP contribution in [0.4, 0.5) is 0 Å². The quantitative estimate of drug-likeness (QED) is 0.555. The van der Waals surface area contributed by atoms with Crippen LogP contribution in [0.1, 0.15) is 37.4 Å². The maximum absolute atomic E-state index is 12.2. The van der Waals surface area contributed by atoms with Crippen molar-refractivity contribution in [2.45, 2.75) is 43.0 Å². The van der Waals surface area contributed by atoms with E-state index < -0.39 is 10.0 Å². The molecule has 1 amide bonds. The topological polar surface area (TPSA) is 84.5 Å². The Balaban J connectivity index is 1.94. The van der Waals surface area contributed by atoms with E-state index in [2.05, 4.69) is 10.0 Å². The van der Waals surface area contributed by atoms with E-state index in [1.807, 2.05) is 44.4 Å². The Kier molecular flexibility index (Phi) is 8.55. The van der Waals surface area contributed by atoms with Crippen LogP contribution in [0.3, 0.4) is 0 Å². The second-order valence-electron chi connectivity index (χ2n) is 6.68. The first-order valence-electron chi connectivity index (χ1n) is 9.43. The molecule has 0 aliphatic carbocycles. The van der Waals surface area contributed by atoms with E-state index in [9.17, 15) is 13.2 Å². The lowest BCUT2D eigenvalue weighted by atomic mass is 10.1. The second-order valence-corrected chi connectivity index (χ2v) is 9.32. The van der Waals surface area contributed by atoms with Crippen LogP contribution < -0.4 is 14.8 Å². The highest BCUT2D eigenvalue weighted by Gasteiger charge is 2.15. The van der Waals surface area contributed by atoms with Gasteiger partial charge in [0.25, 0.3) is 5.91 Å². The van der Waals surface area contributed by atoms with Crippen molar-refractivity contribution in [3.63, 3.8) is 0 Å². The molecule has 0 heterocycles. The molecule has 2 rings (SSSR count). The monoisotopic (exact) mass is 436 g/mol. The molecule has 29 heavy (non-hydrogen) atoms. The van der Waals surface area contributed by atoms with E-state index in [1.54, 1.807) is 30.8 Å². The third kappa shape index (κ3) is 6.76. The third-order valence-corrected chi connectivity index (χ3v) is 6.55. The van der Waals surface area contributed by atoms with Crippen molar-refractivity contribution >= 4 is 27.7 Å². The molecule has 6 nitrogen and oxygen atoms in total. The molecule has 0 aliphatic heterocycles. The van der Waals surface area contributed by atoms with Crippen LogP contribution in [0.2, 0.25) is 0 Å². The number of carbonyl (C=O) groups excluding carboxylic acids is 1. The zero-order valence-corrected chi connectivity index (χ0v) is 18.8. The van der Waals surface area contributed by atoms with E-state index in [1.165, 1.54) is 11.0 Å². The van der Waals surface area contributed by atoms with Crippen molar-refractivity contribution in [1.82, 2.24) is 10.0 Å². The maximum Gasteiger partial charge on any atom is 0.258 e. The number of ether oxygens (including phenoxy) is 1. The van der Waals surface area contributed by atoms with Gasteiger partial charge in [-0.15, -0.1) is 11.8 Å². The number of benzene rings is 2. The summed E-state index contributed by atoms with van der Waals surface area (Å²) in [6.45, 7) is 5.81. The standard InChI is InChI=1S/C21H28N2O4S2/c1-5-12-22-29(25,26)19-10-11-20(15(2)13-19)27-14-21(24)23-16(3)17-6-8-18(28-4)9-7-17/h6-11,13,16,22H,5,12,14H2,1-4H3,(H,23,24)/t16-/m1/s1. The lowest BCUT2D eigenvalue weighted by Crippen LogP contribution is -2.31. The minimum absolute atomic E-state index is 0.139. The molecule has 0 radical (unpaired) electrons. The van der Waals surface area contributed by atoms with Gasteiger partial charge in [0.1, 0.15) is 5.75 Å². The predicted octanol–water partition coefficient (Wildman–Crippen LogP) is 3.66. The van der Waals surface area contributed by atoms with Crippen LogP contribution in [-0.2, 0) is 14.8 Å². The van der Waals surface area contributed by atoms with Crippen molar-refractivity contribution in [2.24, 2.45) is 0 Å². The van der Waals surface area contributed by atoms with Crippen LogP contribution >= 0.6 is 11.8 Å². The van der Waals surface area contributed by atoms with Gasteiger partial charge in [-0.1, -0.05) is 19.1 Å². The number of amides is 1. The van der Waals surface area contributed by atoms with Gasteiger partial charge in [0.15, 0.2) is 6.61 Å². The third-order valence-electron chi connectivity index (χ3n) is 4.35. The first-order valence-corrected chi connectivity index (χ1v) is 12.1. The minimum atomic E-state index is -3.53. The Hall–Kier alpha value is -2.03. The van der Waals surface area contributed by atoms with Gasteiger partial charge in [-0.3, -0.25) is 4.79 Å². The van der Waals surface area contributed by atoms with E-state index in [0.717, 1.165) is 5.56 Å². The number of sulfonamides is 1. The smallest absolute Gasteiger partial charge is 0.258 e. The molecular formula is C21H28N2O4S2. The Bertz CT molecular complexity index is 928. The summed E-state index contributed by atoms with van der Waals surface area (Å²) in [5, 5.41) is 2.91. The van der Waals surface area contributed by atoms with Crippen molar-refractivity contribution < 1.29 is 17.9 Å². The Morgan fingerprint density at radius 2 is 1.86 bits per heavy atom. The number of hydrogen-bond donors (Lipinski definition) is 2. The van der Waals surface area contributed by atoms with E-state index in [4.69, 9.17) is 4.74 Å². The fraction of sp³-hybridized carbons (Fsp3) is 0.381. The molecule has 0 aliphatic rings. The lowest BCUT2D eigenvalue weighted by Gasteiger charge is -2.16. The van der Waals surface area contributed by atoms with Crippen molar-refractivity contribution in [1.29, 1.82) is 0 Å². The number of rotatable bonds is 10. The molecule has 2 N–H and O–H groups in total. The summed E-state index contributed by atoms with van der Waals surface area (Å²) in [5.74, 6) is 0.235. The molecule has 0 bridgehead atoms. The first kappa shape index (κ1) is 23.3. The number of thioether (sulfide) groups is 1. The van der Waals surface area contributed by atoms with E-state index in [0.29, 0.717) is 24.3 Å². The summed E-state index contributed by atoms with van der Waals surface area (Å²) in [6.07, 6.45) is 2.73. The normalized spacial score (nSPS) is 12.4. The molecule has 158 valence electrons. The number of carbonyl (C=O) groups is 1. The Morgan fingerprint density at radius 1 is 1.17 bits per heavy atom. The summed E-state index contributed by atoms with van der Waals surface area (Å²) in [4.78, 5) is 13.6. The number of hydrogen-bond acceptors (Lipinski definition) is 5. The van der Waals surface area contributed by atoms with Crippen molar-refractivity contribution in [2.75, 3.05) is 19.4 Å².